The van der Waals surface area contributed by atoms with Crippen molar-refractivity contribution < 1.29 is 4.79 Å². The third-order valence-corrected chi connectivity index (χ3v) is 6.73. The van der Waals surface area contributed by atoms with E-state index in [-0.39, 0.29) is 6.03 Å². The van der Waals surface area contributed by atoms with Crippen molar-refractivity contribution in [2.45, 2.75) is 6.54 Å². The van der Waals surface area contributed by atoms with Gasteiger partial charge in [-0.3, -0.25) is 9.80 Å². The fourth-order valence-corrected chi connectivity index (χ4v) is 5.08. The normalized spacial score (nSPS) is 17.8. The number of benzene rings is 2. The van der Waals surface area contributed by atoms with E-state index in [0.717, 1.165) is 50.8 Å². The highest BCUT2D eigenvalue weighted by Crippen LogP contribution is 2.30. The van der Waals surface area contributed by atoms with Gasteiger partial charge in [-0.05, 0) is 35.3 Å². The maximum atomic E-state index is 12.7. The Balaban J connectivity index is 1.22. The van der Waals surface area contributed by atoms with Gasteiger partial charge in [-0.2, -0.15) is 4.37 Å². The molecule has 29 heavy (non-hydrogen) atoms. The number of hydrogen-bond donors (Lipinski definition) is 0. The molecule has 6 nitrogen and oxygen atoms in total. The highest BCUT2D eigenvalue weighted by Gasteiger charge is 2.28. The minimum atomic E-state index is 0.0938. The molecule has 0 unspecified atom stereocenters. The number of carbonyl (C=O) groups excluding carboxylic acids is 1. The standard InChI is InChI=1S/C22H25N5OS/c1-24-16-17-6-2-4-8-19(17)27(22(24)28)15-12-25-10-13-26(14-11-25)21-18-7-3-5-9-20(18)29-23-21/h2-9H,10-16H2,1H3. The van der Waals surface area contributed by atoms with Crippen LogP contribution in [-0.4, -0.2) is 66.5 Å². The summed E-state index contributed by atoms with van der Waals surface area (Å²) in [7, 11) is 1.88. The highest BCUT2D eigenvalue weighted by molar-refractivity contribution is 7.13. The summed E-state index contributed by atoms with van der Waals surface area (Å²) in [5.74, 6) is 1.12. The summed E-state index contributed by atoms with van der Waals surface area (Å²) < 4.78 is 5.94. The number of urea groups is 1. The molecule has 0 radical (unpaired) electrons. The minimum absolute atomic E-state index is 0.0938. The molecule has 0 bridgehead atoms. The maximum Gasteiger partial charge on any atom is 0.324 e. The highest BCUT2D eigenvalue weighted by atomic mass is 32.1. The molecular weight excluding hydrogens is 382 g/mol. The lowest BCUT2D eigenvalue weighted by Crippen LogP contribution is -2.51. The number of para-hydroxylation sites is 1. The Morgan fingerprint density at radius 2 is 1.72 bits per heavy atom. The monoisotopic (exact) mass is 407 g/mol. The summed E-state index contributed by atoms with van der Waals surface area (Å²) in [5.41, 5.74) is 2.28. The second-order valence-corrected chi connectivity index (χ2v) is 8.55. The molecule has 5 rings (SSSR count). The Kier molecular flexibility index (Phi) is 4.85. The average Bonchev–Trinajstić information content (AvgIpc) is 3.19. The van der Waals surface area contributed by atoms with E-state index >= 15 is 0 Å². The van der Waals surface area contributed by atoms with Gasteiger partial charge in [0.1, 0.15) is 5.82 Å². The van der Waals surface area contributed by atoms with E-state index in [4.69, 9.17) is 4.37 Å². The van der Waals surface area contributed by atoms with Crippen LogP contribution in [0.3, 0.4) is 0 Å². The smallest absolute Gasteiger partial charge is 0.324 e. The Bertz CT molecular complexity index is 1030. The molecule has 2 aromatic carbocycles. The predicted molar refractivity (Wildman–Crippen MR) is 119 cm³/mol. The number of rotatable bonds is 4. The first-order valence-electron chi connectivity index (χ1n) is 10.1. The van der Waals surface area contributed by atoms with Crippen molar-refractivity contribution in [3.05, 3.63) is 54.1 Å². The first kappa shape index (κ1) is 18.4. The molecule has 3 heterocycles. The molecule has 0 aliphatic carbocycles. The van der Waals surface area contributed by atoms with Gasteiger partial charge in [0.05, 0.1) is 10.4 Å². The molecule has 0 N–H and O–H groups in total. The Morgan fingerprint density at radius 3 is 2.59 bits per heavy atom. The molecule has 1 fully saturated rings. The summed E-state index contributed by atoms with van der Waals surface area (Å²) in [6.45, 7) is 6.22. The molecule has 1 saturated heterocycles. The number of aromatic nitrogens is 1. The minimum Gasteiger partial charge on any atom is -0.353 e. The molecule has 2 aliphatic rings. The van der Waals surface area contributed by atoms with E-state index in [2.05, 4.69) is 46.2 Å². The summed E-state index contributed by atoms with van der Waals surface area (Å²) in [6.07, 6.45) is 0. The number of piperazine rings is 1. The van der Waals surface area contributed by atoms with Gasteiger partial charge in [-0.25, -0.2) is 4.79 Å². The van der Waals surface area contributed by atoms with Gasteiger partial charge in [-0.15, -0.1) is 0 Å². The number of nitrogens with zero attached hydrogens (tertiary/aromatic N) is 5. The van der Waals surface area contributed by atoms with Crippen LogP contribution in [0.1, 0.15) is 5.56 Å². The lowest BCUT2D eigenvalue weighted by molar-refractivity contribution is 0.206. The summed E-state index contributed by atoms with van der Waals surface area (Å²) in [6, 6.07) is 16.8. The lowest BCUT2D eigenvalue weighted by atomic mass is 10.1. The Morgan fingerprint density at radius 1 is 0.966 bits per heavy atom. The van der Waals surface area contributed by atoms with Crippen LogP contribution >= 0.6 is 11.5 Å². The van der Waals surface area contributed by atoms with Gasteiger partial charge in [-0.1, -0.05) is 30.3 Å². The van der Waals surface area contributed by atoms with Crippen molar-refractivity contribution in [3.63, 3.8) is 0 Å². The lowest BCUT2D eigenvalue weighted by Gasteiger charge is -2.38. The zero-order chi connectivity index (χ0) is 19.8. The van der Waals surface area contributed by atoms with Crippen molar-refractivity contribution in [2.24, 2.45) is 0 Å². The van der Waals surface area contributed by atoms with Crippen molar-refractivity contribution in [1.82, 2.24) is 14.2 Å². The van der Waals surface area contributed by atoms with E-state index in [1.165, 1.54) is 15.6 Å². The number of fused-ring (bicyclic) bond motifs is 2. The second kappa shape index (κ2) is 7.65. The Hall–Kier alpha value is -2.64. The van der Waals surface area contributed by atoms with Crippen LogP contribution in [0.5, 0.6) is 0 Å². The number of amides is 2. The van der Waals surface area contributed by atoms with Gasteiger partial charge in [0, 0.05) is 58.2 Å². The molecular formula is C22H25N5OS. The molecule has 0 atom stereocenters. The molecule has 0 spiro atoms. The summed E-state index contributed by atoms with van der Waals surface area (Å²) in [5, 5.41) is 1.25. The predicted octanol–water partition coefficient (Wildman–Crippen LogP) is 3.49. The van der Waals surface area contributed by atoms with E-state index in [1.807, 2.05) is 24.1 Å². The molecule has 2 aliphatic heterocycles. The first-order valence-corrected chi connectivity index (χ1v) is 10.9. The van der Waals surface area contributed by atoms with Gasteiger partial charge < -0.3 is 9.80 Å². The van der Waals surface area contributed by atoms with Crippen LogP contribution in [-0.2, 0) is 6.54 Å². The van der Waals surface area contributed by atoms with Crippen molar-refractivity contribution >= 4 is 39.2 Å². The van der Waals surface area contributed by atoms with Gasteiger partial charge in [0.15, 0.2) is 0 Å². The molecule has 150 valence electrons. The van der Waals surface area contributed by atoms with Crippen LogP contribution in [0.2, 0.25) is 0 Å². The molecule has 1 aromatic heterocycles. The van der Waals surface area contributed by atoms with Crippen LogP contribution in [0.15, 0.2) is 48.5 Å². The maximum absolute atomic E-state index is 12.7. The molecule has 0 saturated carbocycles. The number of hydrogen-bond acceptors (Lipinski definition) is 5. The molecule has 2 amide bonds. The molecule has 7 heteroatoms. The fourth-order valence-electron chi connectivity index (χ4n) is 4.28. The van der Waals surface area contributed by atoms with Gasteiger partial charge in [0.2, 0.25) is 0 Å². The number of carbonyl (C=O) groups is 1. The zero-order valence-corrected chi connectivity index (χ0v) is 17.4. The number of anilines is 2. The molecule has 3 aromatic rings. The zero-order valence-electron chi connectivity index (χ0n) is 16.6. The summed E-state index contributed by atoms with van der Waals surface area (Å²) >= 11 is 1.58. The van der Waals surface area contributed by atoms with Crippen LogP contribution < -0.4 is 9.80 Å². The van der Waals surface area contributed by atoms with E-state index in [1.54, 1.807) is 16.4 Å². The van der Waals surface area contributed by atoms with Gasteiger partial charge >= 0.3 is 6.03 Å². The average molecular weight is 408 g/mol. The quantitative estimate of drug-likeness (QED) is 0.664. The third kappa shape index (κ3) is 3.45. The Labute approximate surface area is 175 Å². The van der Waals surface area contributed by atoms with Crippen molar-refractivity contribution in [1.29, 1.82) is 0 Å². The van der Waals surface area contributed by atoms with Crippen LogP contribution in [0.25, 0.3) is 10.1 Å². The fraction of sp³-hybridized carbons (Fsp3) is 0.364. The third-order valence-electron chi connectivity index (χ3n) is 5.92. The van der Waals surface area contributed by atoms with Crippen molar-refractivity contribution in [3.8, 4) is 0 Å². The summed E-state index contributed by atoms with van der Waals surface area (Å²) in [4.78, 5) is 21.3. The van der Waals surface area contributed by atoms with Crippen LogP contribution in [0.4, 0.5) is 16.3 Å². The van der Waals surface area contributed by atoms with E-state index in [0.29, 0.717) is 6.54 Å². The van der Waals surface area contributed by atoms with Gasteiger partial charge in [0.25, 0.3) is 0 Å². The largest absolute Gasteiger partial charge is 0.353 e. The topological polar surface area (TPSA) is 42.9 Å². The van der Waals surface area contributed by atoms with Crippen LogP contribution in [0, 0.1) is 0 Å². The first-order chi connectivity index (χ1) is 14.2. The second-order valence-electron chi connectivity index (χ2n) is 7.75. The van der Waals surface area contributed by atoms with E-state index < -0.39 is 0 Å². The van der Waals surface area contributed by atoms with E-state index in [9.17, 15) is 4.79 Å². The SMILES string of the molecule is CN1Cc2ccccc2N(CCN2CCN(c3nsc4ccccc34)CC2)C1=O. The van der Waals surface area contributed by atoms with Crippen molar-refractivity contribution in [2.75, 3.05) is 56.1 Å².